The Kier molecular flexibility index (Phi) is 7.33. The minimum Gasteiger partial charge on any atom is -0.486 e. The maximum Gasteiger partial charge on any atom is 0.165 e. The number of fused-ring (bicyclic) bond motifs is 1. The number of ether oxygens (including phenoxy) is 1. The van der Waals surface area contributed by atoms with Crippen molar-refractivity contribution >= 4 is 0 Å². The number of allylic oxidation sites excluding steroid dienone is 2. The second-order valence-electron chi connectivity index (χ2n) is 10.1. The molecule has 0 aliphatic heterocycles. The topological polar surface area (TPSA) is 9.23 Å². The van der Waals surface area contributed by atoms with Crippen LogP contribution in [-0.4, -0.2) is 6.61 Å². The first-order valence-corrected chi connectivity index (χ1v) is 12.3. The van der Waals surface area contributed by atoms with E-state index >= 15 is 0 Å². The Bertz CT molecular complexity index is 730. The van der Waals surface area contributed by atoms with Crippen molar-refractivity contribution in [1.29, 1.82) is 0 Å². The van der Waals surface area contributed by atoms with Crippen LogP contribution in [0.3, 0.4) is 0 Å². The minimum absolute atomic E-state index is 0.215. The van der Waals surface area contributed by atoms with Gasteiger partial charge in [0.2, 0.25) is 0 Å². The Morgan fingerprint density at radius 3 is 2.30 bits per heavy atom. The monoisotopic (exact) mass is 410 g/mol. The standard InChI is InChI=1S/C28H39FO/c1-3-5-16-30-28-15-14-26(19-27(28)29)22-10-8-21(9-11-22)24-13-12-23-17-20(4-2)6-7-25(23)18-24/h3-5,14-15,19-25H,2,6-13,16-18H2,1H3/b5-3+. The third-order valence-electron chi connectivity index (χ3n) is 8.46. The van der Waals surface area contributed by atoms with E-state index in [1.54, 1.807) is 6.07 Å². The van der Waals surface area contributed by atoms with Crippen molar-refractivity contribution in [1.82, 2.24) is 0 Å². The molecule has 1 aromatic rings. The van der Waals surface area contributed by atoms with Gasteiger partial charge in [0.05, 0.1) is 0 Å². The van der Waals surface area contributed by atoms with E-state index in [1.807, 2.05) is 25.1 Å². The van der Waals surface area contributed by atoms with E-state index < -0.39 is 0 Å². The largest absolute Gasteiger partial charge is 0.486 e. The summed E-state index contributed by atoms with van der Waals surface area (Å²) in [5.41, 5.74) is 1.16. The molecule has 4 unspecified atom stereocenters. The highest BCUT2D eigenvalue weighted by molar-refractivity contribution is 5.31. The number of halogens is 1. The lowest BCUT2D eigenvalue weighted by molar-refractivity contribution is 0.0719. The van der Waals surface area contributed by atoms with E-state index in [1.165, 1.54) is 64.2 Å². The van der Waals surface area contributed by atoms with Crippen LogP contribution >= 0.6 is 0 Å². The summed E-state index contributed by atoms with van der Waals surface area (Å²) in [6, 6.07) is 5.63. The SMILES string of the molecule is C=CC1CCC2CC(C3CCC(c4ccc(OC/C=C/C)c(F)c4)CC3)CCC2C1. The van der Waals surface area contributed by atoms with Crippen LogP contribution in [0.4, 0.5) is 4.39 Å². The molecule has 2 heteroatoms. The molecule has 3 saturated carbocycles. The van der Waals surface area contributed by atoms with Gasteiger partial charge in [-0.25, -0.2) is 4.39 Å². The van der Waals surface area contributed by atoms with Gasteiger partial charge in [0.25, 0.3) is 0 Å². The zero-order valence-electron chi connectivity index (χ0n) is 18.7. The minimum atomic E-state index is -0.215. The van der Waals surface area contributed by atoms with Crippen LogP contribution in [0.15, 0.2) is 43.0 Å². The zero-order chi connectivity index (χ0) is 20.9. The molecule has 3 aliphatic carbocycles. The van der Waals surface area contributed by atoms with E-state index in [2.05, 4.69) is 18.7 Å². The molecule has 0 heterocycles. The first-order chi connectivity index (χ1) is 14.7. The molecule has 0 N–H and O–H groups in total. The second kappa shape index (κ2) is 10.2. The first-order valence-electron chi connectivity index (χ1n) is 12.3. The van der Waals surface area contributed by atoms with Crippen molar-refractivity contribution in [2.24, 2.45) is 29.6 Å². The average molecular weight is 411 g/mol. The van der Waals surface area contributed by atoms with Gasteiger partial charge in [0.15, 0.2) is 11.6 Å². The van der Waals surface area contributed by atoms with Gasteiger partial charge in [0, 0.05) is 0 Å². The fourth-order valence-electron chi connectivity index (χ4n) is 6.65. The van der Waals surface area contributed by atoms with Crippen LogP contribution in [0.2, 0.25) is 0 Å². The third-order valence-corrected chi connectivity index (χ3v) is 8.46. The summed E-state index contributed by atoms with van der Waals surface area (Å²) >= 11 is 0. The molecule has 1 aromatic carbocycles. The maximum absolute atomic E-state index is 14.5. The van der Waals surface area contributed by atoms with E-state index in [4.69, 9.17) is 4.74 Å². The molecule has 0 bridgehead atoms. The van der Waals surface area contributed by atoms with E-state index in [-0.39, 0.29) is 5.82 Å². The molecule has 3 fully saturated rings. The predicted molar refractivity (Wildman–Crippen MR) is 123 cm³/mol. The molecule has 4 rings (SSSR count). The van der Waals surface area contributed by atoms with Gasteiger partial charge < -0.3 is 4.74 Å². The smallest absolute Gasteiger partial charge is 0.165 e. The van der Waals surface area contributed by atoms with Gasteiger partial charge in [-0.2, -0.15) is 0 Å². The van der Waals surface area contributed by atoms with Crippen molar-refractivity contribution in [3.05, 3.63) is 54.4 Å². The fourth-order valence-corrected chi connectivity index (χ4v) is 6.65. The summed E-state index contributed by atoms with van der Waals surface area (Å²) < 4.78 is 20.0. The lowest BCUT2D eigenvalue weighted by Gasteiger charge is -2.45. The van der Waals surface area contributed by atoms with Crippen molar-refractivity contribution < 1.29 is 9.13 Å². The van der Waals surface area contributed by atoms with Crippen LogP contribution in [-0.2, 0) is 0 Å². The third kappa shape index (κ3) is 5.01. The molecule has 0 radical (unpaired) electrons. The molecule has 164 valence electrons. The van der Waals surface area contributed by atoms with Gasteiger partial charge in [0.1, 0.15) is 6.61 Å². The highest BCUT2D eigenvalue weighted by Crippen LogP contribution is 2.50. The van der Waals surface area contributed by atoms with Crippen LogP contribution in [0, 0.1) is 35.4 Å². The van der Waals surface area contributed by atoms with Gasteiger partial charge in [-0.1, -0.05) is 24.3 Å². The fraction of sp³-hybridized carbons (Fsp3) is 0.643. The van der Waals surface area contributed by atoms with Crippen molar-refractivity contribution in [2.45, 2.75) is 77.0 Å². The Morgan fingerprint density at radius 2 is 1.60 bits per heavy atom. The molecule has 1 nitrogen and oxygen atoms in total. The summed E-state index contributed by atoms with van der Waals surface area (Å²) in [5, 5.41) is 0. The molecule has 3 aliphatic rings. The van der Waals surface area contributed by atoms with Crippen LogP contribution in [0.25, 0.3) is 0 Å². The van der Waals surface area contributed by atoms with Gasteiger partial charge in [-0.3, -0.25) is 0 Å². The molecule has 0 spiro atoms. The molecule has 0 saturated heterocycles. The number of rotatable bonds is 6. The highest BCUT2D eigenvalue weighted by atomic mass is 19.1. The number of hydrogen-bond donors (Lipinski definition) is 0. The molecule has 30 heavy (non-hydrogen) atoms. The molecular weight excluding hydrogens is 371 g/mol. The van der Waals surface area contributed by atoms with Crippen molar-refractivity contribution in [2.75, 3.05) is 6.61 Å². The summed E-state index contributed by atoms with van der Waals surface area (Å²) in [4.78, 5) is 0. The first kappa shape index (κ1) is 21.7. The Balaban J connectivity index is 1.28. The Morgan fingerprint density at radius 1 is 0.933 bits per heavy atom. The molecular formula is C28H39FO. The van der Waals surface area contributed by atoms with E-state index in [0.29, 0.717) is 18.3 Å². The molecule has 0 amide bonds. The average Bonchev–Trinajstić information content (AvgIpc) is 2.79. The summed E-state index contributed by atoms with van der Waals surface area (Å²) in [7, 11) is 0. The normalized spacial score (nSPS) is 34.5. The summed E-state index contributed by atoms with van der Waals surface area (Å²) in [6.07, 6.45) is 19.6. The van der Waals surface area contributed by atoms with Crippen molar-refractivity contribution in [3.8, 4) is 5.75 Å². The Hall–Kier alpha value is -1.57. The predicted octanol–water partition coefficient (Wildman–Crippen LogP) is 8.07. The lowest BCUT2D eigenvalue weighted by Crippen LogP contribution is -2.34. The van der Waals surface area contributed by atoms with Gasteiger partial charge in [-0.15, -0.1) is 6.58 Å². The maximum atomic E-state index is 14.5. The van der Waals surface area contributed by atoms with E-state index in [0.717, 1.165) is 35.2 Å². The number of hydrogen-bond acceptors (Lipinski definition) is 1. The Labute approximate surface area is 182 Å². The lowest BCUT2D eigenvalue weighted by atomic mass is 9.61. The highest BCUT2D eigenvalue weighted by Gasteiger charge is 2.38. The zero-order valence-corrected chi connectivity index (χ0v) is 18.7. The number of benzene rings is 1. The molecule has 4 atom stereocenters. The van der Waals surface area contributed by atoms with Gasteiger partial charge in [-0.05, 0) is 124 Å². The van der Waals surface area contributed by atoms with Crippen molar-refractivity contribution in [3.63, 3.8) is 0 Å². The van der Waals surface area contributed by atoms with Crippen LogP contribution < -0.4 is 4.74 Å². The summed E-state index contributed by atoms with van der Waals surface area (Å²) in [5.74, 6) is 5.21. The van der Waals surface area contributed by atoms with Crippen LogP contribution in [0.5, 0.6) is 5.75 Å². The van der Waals surface area contributed by atoms with E-state index in [9.17, 15) is 4.39 Å². The van der Waals surface area contributed by atoms with Gasteiger partial charge >= 0.3 is 0 Å². The second-order valence-corrected chi connectivity index (χ2v) is 10.1. The van der Waals surface area contributed by atoms with Crippen LogP contribution in [0.1, 0.15) is 82.6 Å². The summed E-state index contributed by atoms with van der Waals surface area (Å²) in [6.45, 7) is 6.40. The quantitative estimate of drug-likeness (QED) is 0.431. The molecule has 0 aromatic heterocycles.